The van der Waals surface area contributed by atoms with E-state index in [1.165, 1.54) is 0 Å². The number of nitrogens with zero attached hydrogens (tertiary/aromatic N) is 3. The molecule has 2 aliphatic rings. The summed E-state index contributed by atoms with van der Waals surface area (Å²) in [7, 11) is 0. The van der Waals surface area contributed by atoms with Crippen molar-refractivity contribution >= 4 is 17.0 Å². The molecule has 0 N–H and O–H groups in total. The highest BCUT2D eigenvalue weighted by atomic mass is 16.5. The number of carbonyl (C=O) groups excluding carboxylic acids is 1. The van der Waals surface area contributed by atoms with Crippen LogP contribution in [-0.2, 0) is 4.74 Å². The van der Waals surface area contributed by atoms with Crippen LogP contribution in [-0.4, -0.2) is 46.2 Å². The molecule has 0 bridgehead atoms. The van der Waals surface area contributed by atoms with Crippen molar-refractivity contribution in [3.05, 3.63) is 23.0 Å². The van der Waals surface area contributed by atoms with Gasteiger partial charge in [-0.2, -0.15) is 0 Å². The average molecular weight is 315 g/mol. The standard InChI is InChI=1S/C17H21N3O3/c1-10-14-12(16(21)20-6-7-22-17(2,3)9-20)8-13(11-4-5-11)18-15(14)23-19-10/h8,11H,4-7,9H2,1-3H3. The van der Waals surface area contributed by atoms with Crippen molar-refractivity contribution in [2.75, 3.05) is 19.7 Å². The van der Waals surface area contributed by atoms with Crippen molar-refractivity contribution in [3.8, 4) is 0 Å². The number of aromatic nitrogens is 2. The highest BCUT2D eigenvalue weighted by Crippen LogP contribution is 2.40. The fourth-order valence-electron chi connectivity index (χ4n) is 3.23. The summed E-state index contributed by atoms with van der Waals surface area (Å²) in [5, 5.41) is 4.74. The molecule has 1 aliphatic carbocycles. The molecule has 1 amide bonds. The van der Waals surface area contributed by atoms with E-state index in [1.807, 2.05) is 31.7 Å². The van der Waals surface area contributed by atoms with Crippen molar-refractivity contribution < 1.29 is 14.1 Å². The third-order valence-corrected chi connectivity index (χ3v) is 4.58. The molecule has 2 aromatic heterocycles. The highest BCUT2D eigenvalue weighted by Gasteiger charge is 2.33. The van der Waals surface area contributed by atoms with Crippen LogP contribution in [0.2, 0.25) is 0 Å². The quantitative estimate of drug-likeness (QED) is 0.852. The van der Waals surface area contributed by atoms with Crippen LogP contribution in [0.15, 0.2) is 10.6 Å². The summed E-state index contributed by atoms with van der Waals surface area (Å²) in [6.45, 7) is 7.62. The molecule has 4 rings (SSSR count). The summed E-state index contributed by atoms with van der Waals surface area (Å²) in [5.41, 5.74) is 2.48. The van der Waals surface area contributed by atoms with E-state index in [9.17, 15) is 4.79 Å². The van der Waals surface area contributed by atoms with Crippen molar-refractivity contribution in [2.45, 2.75) is 45.1 Å². The molecular weight excluding hydrogens is 294 g/mol. The maximum absolute atomic E-state index is 13.1. The van der Waals surface area contributed by atoms with Gasteiger partial charge in [-0.05, 0) is 39.7 Å². The van der Waals surface area contributed by atoms with E-state index in [2.05, 4.69) is 10.1 Å². The topological polar surface area (TPSA) is 68.5 Å². The maximum atomic E-state index is 13.1. The molecule has 0 unspecified atom stereocenters. The molecule has 1 saturated heterocycles. The maximum Gasteiger partial charge on any atom is 0.259 e. The van der Waals surface area contributed by atoms with Crippen LogP contribution < -0.4 is 0 Å². The van der Waals surface area contributed by atoms with Crippen LogP contribution in [0.3, 0.4) is 0 Å². The summed E-state index contributed by atoms with van der Waals surface area (Å²) in [5.74, 6) is 0.472. The van der Waals surface area contributed by atoms with Gasteiger partial charge in [0.2, 0.25) is 0 Å². The first-order valence-electron chi connectivity index (χ1n) is 8.15. The Morgan fingerprint density at radius 2 is 2.17 bits per heavy atom. The van der Waals surface area contributed by atoms with E-state index in [-0.39, 0.29) is 11.5 Å². The van der Waals surface area contributed by atoms with Gasteiger partial charge < -0.3 is 14.2 Å². The molecule has 3 heterocycles. The summed E-state index contributed by atoms with van der Waals surface area (Å²) in [4.78, 5) is 19.5. The predicted molar refractivity (Wildman–Crippen MR) is 84.5 cm³/mol. The van der Waals surface area contributed by atoms with Crippen LogP contribution in [0.1, 0.15) is 54.4 Å². The van der Waals surface area contributed by atoms with E-state index in [1.54, 1.807) is 0 Å². The molecule has 0 radical (unpaired) electrons. The van der Waals surface area contributed by atoms with Crippen LogP contribution in [0.5, 0.6) is 0 Å². The summed E-state index contributed by atoms with van der Waals surface area (Å²) in [6.07, 6.45) is 2.26. The van der Waals surface area contributed by atoms with Crippen molar-refractivity contribution in [1.82, 2.24) is 15.0 Å². The molecule has 2 aromatic rings. The number of morpholine rings is 1. The van der Waals surface area contributed by atoms with Crippen LogP contribution in [0.25, 0.3) is 11.1 Å². The second-order valence-corrected chi connectivity index (χ2v) is 7.15. The normalized spacial score (nSPS) is 20.9. The Balaban J connectivity index is 1.77. The van der Waals surface area contributed by atoms with Gasteiger partial charge in [-0.25, -0.2) is 4.98 Å². The Kier molecular flexibility index (Phi) is 3.20. The minimum absolute atomic E-state index is 0.0157. The van der Waals surface area contributed by atoms with Gasteiger partial charge in [0, 0.05) is 24.7 Å². The fraction of sp³-hybridized carbons (Fsp3) is 0.588. The second kappa shape index (κ2) is 5.03. The number of ether oxygens (including phenoxy) is 1. The first kappa shape index (κ1) is 14.6. The molecule has 0 atom stereocenters. The minimum atomic E-state index is -0.316. The number of fused-ring (bicyclic) bond motifs is 1. The number of hydrogen-bond acceptors (Lipinski definition) is 5. The number of amides is 1. The van der Waals surface area contributed by atoms with Crippen molar-refractivity contribution in [3.63, 3.8) is 0 Å². The third kappa shape index (κ3) is 2.61. The zero-order valence-corrected chi connectivity index (χ0v) is 13.8. The van der Waals surface area contributed by atoms with Gasteiger partial charge in [0.05, 0.1) is 28.9 Å². The number of hydrogen-bond donors (Lipinski definition) is 0. The first-order chi connectivity index (χ1) is 10.9. The molecule has 0 aromatic carbocycles. The number of aryl methyl sites for hydroxylation is 1. The second-order valence-electron chi connectivity index (χ2n) is 7.15. The predicted octanol–water partition coefficient (Wildman–Crippen LogP) is 2.66. The van der Waals surface area contributed by atoms with Gasteiger partial charge in [-0.1, -0.05) is 5.16 Å². The van der Waals surface area contributed by atoms with E-state index < -0.39 is 0 Å². The lowest BCUT2D eigenvalue weighted by Gasteiger charge is -2.38. The first-order valence-corrected chi connectivity index (χ1v) is 8.15. The van der Waals surface area contributed by atoms with Gasteiger partial charge in [-0.3, -0.25) is 4.79 Å². The molecule has 1 aliphatic heterocycles. The average Bonchev–Trinajstić information content (AvgIpc) is 3.29. The molecule has 2 fully saturated rings. The van der Waals surface area contributed by atoms with Gasteiger partial charge in [-0.15, -0.1) is 0 Å². The van der Waals surface area contributed by atoms with Crippen molar-refractivity contribution in [2.24, 2.45) is 0 Å². The summed E-state index contributed by atoms with van der Waals surface area (Å²) < 4.78 is 11.0. The molecule has 23 heavy (non-hydrogen) atoms. The van der Waals surface area contributed by atoms with Gasteiger partial charge in [0.1, 0.15) is 0 Å². The van der Waals surface area contributed by atoms with E-state index in [4.69, 9.17) is 9.26 Å². The lowest BCUT2D eigenvalue weighted by Crippen LogP contribution is -2.50. The molecular formula is C17H21N3O3. The fourth-order valence-corrected chi connectivity index (χ4v) is 3.23. The Morgan fingerprint density at radius 1 is 1.39 bits per heavy atom. The van der Waals surface area contributed by atoms with Crippen LogP contribution in [0.4, 0.5) is 0 Å². The Morgan fingerprint density at radius 3 is 2.87 bits per heavy atom. The summed E-state index contributed by atoms with van der Waals surface area (Å²) >= 11 is 0. The molecule has 6 nitrogen and oxygen atoms in total. The molecule has 122 valence electrons. The van der Waals surface area contributed by atoms with E-state index in [0.717, 1.165) is 23.9 Å². The number of carbonyl (C=O) groups is 1. The zero-order chi connectivity index (χ0) is 16.2. The Bertz CT molecular complexity index is 777. The third-order valence-electron chi connectivity index (χ3n) is 4.58. The zero-order valence-electron chi connectivity index (χ0n) is 13.8. The van der Waals surface area contributed by atoms with Crippen molar-refractivity contribution in [1.29, 1.82) is 0 Å². The van der Waals surface area contributed by atoms with Crippen LogP contribution >= 0.6 is 0 Å². The molecule has 1 saturated carbocycles. The smallest absolute Gasteiger partial charge is 0.259 e. The SMILES string of the molecule is Cc1noc2nc(C3CC3)cc(C(=O)N3CCOC(C)(C)C3)c12. The highest BCUT2D eigenvalue weighted by molar-refractivity contribution is 6.06. The lowest BCUT2D eigenvalue weighted by atomic mass is 10.0. The lowest BCUT2D eigenvalue weighted by molar-refractivity contribution is -0.0763. The largest absolute Gasteiger partial charge is 0.372 e. The van der Waals surface area contributed by atoms with Gasteiger partial charge >= 0.3 is 0 Å². The monoisotopic (exact) mass is 315 g/mol. The molecule has 0 spiro atoms. The Labute approximate surface area is 134 Å². The minimum Gasteiger partial charge on any atom is -0.372 e. The molecule has 6 heteroatoms. The van der Waals surface area contributed by atoms with Crippen LogP contribution in [0, 0.1) is 6.92 Å². The Hall–Kier alpha value is -1.95. The van der Waals surface area contributed by atoms with E-state index in [0.29, 0.717) is 42.6 Å². The number of rotatable bonds is 2. The van der Waals surface area contributed by atoms with Gasteiger partial charge in [0.15, 0.2) is 0 Å². The summed E-state index contributed by atoms with van der Waals surface area (Å²) in [6, 6.07) is 1.94. The number of pyridine rings is 1. The van der Waals surface area contributed by atoms with E-state index >= 15 is 0 Å². The van der Waals surface area contributed by atoms with Gasteiger partial charge in [0.25, 0.3) is 11.6 Å².